The van der Waals surface area contributed by atoms with Crippen LogP contribution in [0.4, 0.5) is 0 Å². The van der Waals surface area contributed by atoms with Gasteiger partial charge >= 0.3 is 139 Å². The Morgan fingerprint density at radius 1 is 0.450 bits per heavy atom. The van der Waals surface area contributed by atoms with Gasteiger partial charge in [0.05, 0.1) is 0 Å². The molecule has 0 aliphatic carbocycles. The molecular weight excluding hydrogens is 365 g/mol. The first-order chi connectivity index (χ1) is 9.59. The van der Waals surface area contributed by atoms with E-state index >= 15 is 0 Å². The Morgan fingerprint density at radius 3 is 0.700 bits per heavy atom. The van der Waals surface area contributed by atoms with Gasteiger partial charge in [0.1, 0.15) is 0 Å². The van der Waals surface area contributed by atoms with Crippen LogP contribution in [0.15, 0.2) is 0 Å². The van der Waals surface area contributed by atoms with Crippen LogP contribution in [-0.2, 0) is 0 Å². The van der Waals surface area contributed by atoms with Gasteiger partial charge in [-0.3, -0.25) is 0 Å². The van der Waals surface area contributed by atoms with Gasteiger partial charge in [0.25, 0.3) is 0 Å². The molecule has 0 amide bonds. The molecule has 122 valence electrons. The normalized spacial score (nSPS) is 11.4. The third-order valence-electron chi connectivity index (χ3n) is 4.05. The summed E-state index contributed by atoms with van der Waals surface area (Å²) in [5.41, 5.74) is 0. The quantitative estimate of drug-likeness (QED) is 0.485. The molecule has 0 N–H and O–H groups in total. The van der Waals surface area contributed by atoms with E-state index in [0.29, 0.717) is 0 Å². The molecule has 20 heavy (non-hydrogen) atoms. The molecule has 0 aromatic heterocycles. The first-order valence-corrected chi connectivity index (χ1v) is 16.6. The second-order valence-corrected chi connectivity index (χ2v) is 18.2. The molecule has 0 saturated heterocycles. The third kappa shape index (κ3) is 9.85. The zero-order chi connectivity index (χ0) is 16.0. The molecule has 0 saturated carbocycles. The minimum absolute atomic E-state index is 0.731. The summed E-state index contributed by atoms with van der Waals surface area (Å²) in [4.78, 5) is 0. The van der Waals surface area contributed by atoms with E-state index in [0.717, 1.165) is 0 Å². The number of hydrogen-bond donors (Lipinski definition) is 0. The molecule has 0 aromatic carbocycles. The first kappa shape index (κ1) is 23.3. The molecule has 0 heterocycles. The van der Waals surface area contributed by atoms with Crippen molar-refractivity contribution in [2.24, 2.45) is 0 Å². The van der Waals surface area contributed by atoms with Crippen molar-refractivity contribution in [3.05, 3.63) is 0 Å². The van der Waals surface area contributed by atoms with Gasteiger partial charge in [-0.05, 0) is 0 Å². The van der Waals surface area contributed by atoms with Crippen LogP contribution >= 0.6 is 0 Å². The Kier molecular flexibility index (Phi) is 19.1. The fourth-order valence-electron chi connectivity index (χ4n) is 2.74. The summed E-state index contributed by atoms with van der Waals surface area (Å²) < 4.78 is 5.39. The summed E-state index contributed by atoms with van der Waals surface area (Å²) in [7, 11) is 0. The van der Waals surface area contributed by atoms with Gasteiger partial charge in [0.2, 0.25) is 0 Å². The second-order valence-electron chi connectivity index (χ2n) is 4.89. The number of nitrogens with zero attached hydrogens (tertiary/aromatic N) is 2. The molecule has 0 spiro atoms. The van der Waals surface area contributed by atoms with Crippen LogP contribution in [0.2, 0.25) is 21.0 Å². The predicted octanol–water partition coefficient (Wildman–Crippen LogP) is 4.72. The number of rotatable bonds is 10. The van der Waals surface area contributed by atoms with E-state index in [1.165, 1.54) is 47.2 Å². The van der Waals surface area contributed by atoms with Crippen LogP contribution in [0.3, 0.4) is 0 Å². The number of hydrogen-bond acceptors (Lipinski definition) is 2. The van der Waals surface area contributed by atoms with Crippen molar-refractivity contribution in [1.82, 2.24) is 7.71 Å². The Hall–Kier alpha value is 1.01. The van der Waals surface area contributed by atoms with Gasteiger partial charge in [-0.15, -0.1) is 0 Å². The molecule has 0 aliphatic rings. The van der Waals surface area contributed by atoms with Crippen LogP contribution in [0.1, 0.15) is 55.4 Å². The molecule has 4 heteroatoms. The molecule has 0 aromatic rings. The fourth-order valence-corrected chi connectivity index (χ4v) is 12.3. The van der Waals surface area contributed by atoms with E-state index < -0.39 is 29.1 Å². The van der Waals surface area contributed by atoms with Gasteiger partial charge in [-0.1, -0.05) is 0 Å². The molecule has 0 aliphatic heterocycles. The van der Waals surface area contributed by atoms with Crippen LogP contribution < -0.4 is 0 Å². The van der Waals surface area contributed by atoms with Crippen molar-refractivity contribution in [3.8, 4) is 0 Å². The average Bonchev–Trinajstić information content (AvgIpc) is 2.50. The van der Waals surface area contributed by atoms with Crippen LogP contribution in [0.25, 0.3) is 0 Å². The third-order valence-corrected chi connectivity index (χ3v) is 17.3. The summed E-state index contributed by atoms with van der Waals surface area (Å²) in [6.45, 7) is 23.6. The zero-order valence-electron chi connectivity index (χ0n) is 15.6. The molecule has 0 fully saturated rings. The van der Waals surface area contributed by atoms with Crippen LogP contribution in [0, 0.1) is 0 Å². The SMILES string of the molecule is CC[N](CC)[Ge]([CH2]C)[CH2]C.CC[N](CC)[Ge]([CH2]C)[CH2]C. The minimum atomic E-state index is -0.731. The van der Waals surface area contributed by atoms with Crippen LogP contribution in [-0.4, -0.2) is 63.0 Å². The summed E-state index contributed by atoms with van der Waals surface area (Å²) >= 11 is -1.46. The Labute approximate surface area is 139 Å². The molecule has 2 nitrogen and oxygen atoms in total. The molecular formula is C16H40Ge2N2. The van der Waals surface area contributed by atoms with Gasteiger partial charge in [0, 0.05) is 0 Å². The predicted molar refractivity (Wildman–Crippen MR) is 99.3 cm³/mol. The van der Waals surface area contributed by atoms with Crippen molar-refractivity contribution in [2.75, 3.05) is 26.2 Å². The van der Waals surface area contributed by atoms with Crippen molar-refractivity contribution < 1.29 is 0 Å². The maximum atomic E-state index is 2.69. The van der Waals surface area contributed by atoms with E-state index in [1.54, 1.807) is 0 Å². The summed E-state index contributed by atoms with van der Waals surface area (Å²) in [6.07, 6.45) is 0. The standard InChI is InChI=1S/2C8H20GeN/c2*1-5-9(6-2)10(7-3)8-4/h2*5-8H2,1-4H3. The van der Waals surface area contributed by atoms with Gasteiger partial charge in [-0.25, -0.2) is 0 Å². The van der Waals surface area contributed by atoms with Gasteiger partial charge < -0.3 is 0 Å². The molecule has 0 bridgehead atoms. The van der Waals surface area contributed by atoms with Crippen molar-refractivity contribution >= 4 is 29.1 Å². The van der Waals surface area contributed by atoms with Crippen molar-refractivity contribution in [1.29, 1.82) is 0 Å². The molecule has 0 unspecified atom stereocenters. The summed E-state index contributed by atoms with van der Waals surface area (Å²) in [5.74, 6) is 0. The Bertz CT molecular complexity index is 135. The van der Waals surface area contributed by atoms with Gasteiger partial charge in [-0.2, -0.15) is 0 Å². The topological polar surface area (TPSA) is 6.48 Å². The second kappa shape index (κ2) is 16.4. The first-order valence-electron chi connectivity index (χ1n) is 8.78. The fraction of sp³-hybridized carbons (Fsp3) is 1.00. The van der Waals surface area contributed by atoms with E-state index in [-0.39, 0.29) is 0 Å². The van der Waals surface area contributed by atoms with E-state index in [4.69, 9.17) is 0 Å². The average molecular weight is 406 g/mol. The summed E-state index contributed by atoms with van der Waals surface area (Å²) in [6, 6.07) is 0. The Morgan fingerprint density at radius 2 is 0.650 bits per heavy atom. The molecule has 0 rings (SSSR count). The Balaban J connectivity index is 0. The maximum absolute atomic E-state index is 2.69. The zero-order valence-corrected chi connectivity index (χ0v) is 19.7. The van der Waals surface area contributed by atoms with Crippen molar-refractivity contribution in [2.45, 2.75) is 76.4 Å². The molecule has 2 radical (unpaired) electrons. The van der Waals surface area contributed by atoms with Crippen LogP contribution in [0.5, 0.6) is 0 Å². The summed E-state index contributed by atoms with van der Waals surface area (Å²) in [5, 5.41) is 5.83. The molecule has 0 atom stereocenters. The van der Waals surface area contributed by atoms with E-state index in [1.807, 2.05) is 0 Å². The van der Waals surface area contributed by atoms with Crippen molar-refractivity contribution in [3.63, 3.8) is 0 Å². The van der Waals surface area contributed by atoms with E-state index in [2.05, 4.69) is 63.1 Å². The van der Waals surface area contributed by atoms with E-state index in [9.17, 15) is 0 Å². The monoisotopic (exact) mass is 408 g/mol. The van der Waals surface area contributed by atoms with Gasteiger partial charge in [0.15, 0.2) is 0 Å².